The zero-order valence-corrected chi connectivity index (χ0v) is 20.0. The number of aryl methyl sites for hydroxylation is 2. The van der Waals surface area contributed by atoms with Gasteiger partial charge in [0.2, 0.25) is 11.8 Å². The number of ether oxygens (including phenoxy) is 1. The molecule has 0 radical (unpaired) electrons. The molecule has 0 aliphatic carbocycles. The number of hydrogen-bond donors (Lipinski definition) is 1. The minimum Gasteiger partial charge on any atom is -0.497 e. The first-order chi connectivity index (χ1) is 16.0. The molecule has 1 saturated heterocycles. The van der Waals surface area contributed by atoms with E-state index in [0.717, 1.165) is 50.1 Å². The van der Waals surface area contributed by atoms with Crippen LogP contribution in [0.15, 0.2) is 34.9 Å². The standard InChI is InChI=1S/C25H36N4O4/c1-4-5-7-22(25(31)26-23-18-19(2)33-27-23)28-14-6-15-29(17-16-28)24(30)13-10-20-8-11-21(32-3)12-9-20/h8-9,11-12,18,22H,4-7,10,13-17H2,1-3H3,(H,26,27,31). The molecule has 3 rings (SSSR count). The van der Waals surface area contributed by atoms with Crippen LogP contribution in [0.2, 0.25) is 0 Å². The van der Waals surface area contributed by atoms with Gasteiger partial charge in [0, 0.05) is 38.7 Å². The van der Waals surface area contributed by atoms with Crippen molar-refractivity contribution in [1.82, 2.24) is 15.0 Å². The molecule has 1 aliphatic heterocycles. The van der Waals surface area contributed by atoms with Crippen molar-refractivity contribution in [2.45, 2.75) is 58.4 Å². The normalized spacial score (nSPS) is 15.7. The van der Waals surface area contributed by atoms with Gasteiger partial charge in [0.15, 0.2) is 5.82 Å². The van der Waals surface area contributed by atoms with E-state index in [0.29, 0.717) is 37.5 Å². The number of aromatic nitrogens is 1. The van der Waals surface area contributed by atoms with Gasteiger partial charge in [-0.25, -0.2) is 0 Å². The Morgan fingerprint density at radius 2 is 1.97 bits per heavy atom. The molecule has 2 heterocycles. The van der Waals surface area contributed by atoms with E-state index in [2.05, 4.69) is 22.3 Å². The summed E-state index contributed by atoms with van der Waals surface area (Å²) >= 11 is 0. The van der Waals surface area contributed by atoms with Crippen LogP contribution in [0.3, 0.4) is 0 Å². The van der Waals surface area contributed by atoms with Crippen LogP contribution in [0, 0.1) is 6.92 Å². The van der Waals surface area contributed by atoms with E-state index in [-0.39, 0.29) is 17.9 Å². The fourth-order valence-electron chi connectivity index (χ4n) is 4.21. The predicted molar refractivity (Wildman–Crippen MR) is 127 cm³/mol. The first-order valence-electron chi connectivity index (χ1n) is 11.9. The second kappa shape index (κ2) is 12.4. The van der Waals surface area contributed by atoms with Crippen LogP contribution >= 0.6 is 0 Å². The van der Waals surface area contributed by atoms with E-state index in [9.17, 15) is 9.59 Å². The van der Waals surface area contributed by atoms with Crippen molar-refractivity contribution in [2.24, 2.45) is 0 Å². The van der Waals surface area contributed by atoms with Gasteiger partial charge in [-0.3, -0.25) is 14.5 Å². The molecular weight excluding hydrogens is 420 g/mol. The summed E-state index contributed by atoms with van der Waals surface area (Å²) in [7, 11) is 1.65. The topological polar surface area (TPSA) is 87.9 Å². The largest absolute Gasteiger partial charge is 0.497 e. The molecule has 2 aromatic rings. The van der Waals surface area contributed by atoms with Crippen LogP contribution < -0.4 is 10.1 Å². The molecule has 33 heavy (non-hydrogen) atoms. The molecule has 2 amide bonds. The van der Waals surface area contributed by atoms with Crippen LogP contribution in [-0.2, 0) is 16.0 Å². The summed E-state index contributed by atoms with van der Waals surface area (Å²) in [5.41, 5.74) is 1.12. The second-order valence-corrected chi connectivity index (χ2v) is 8.59. The smallest absolute Gasteiger partial charge is 0.242 e. The quantitative estimate of drug-likeness (QED) is 0.587. The summed E-state index contributed by atoms with van der Waals surface area (Å²) in [6, 6.07) is 9.33. The molecule has 180 valence electrons. The van der Waals surface area contributed by atoms with Gasteiger partial charge in [-0.05, 0) is 43.9 Å². The van der Waals surface area contributed by atoms with E-state index in [1.54, 1.807) is 20.1 Å². The molecule has 1 aromatic carbocycles. The molecule has 8 nitrogen and oxygen atoms in total. The Kier molecular flexibility index (Phi) is 9.30. The maximum absolute atomic E-state index is 13.0. The molecule has 1 aliphatic rings. The molecular formula is C25H36N4O4. The van der Waals surface area contributed by atoms with Gasteiger partial charge in [-0.15, -0.1) is 0 Å². The number of amides is 2. The fraction of sp³-hybridized carbons (Fsp3) is 0.560. The van der Waals surface area contributed by atoms with Crippen molar-refractivity contribution >= 4 is 17.6 Å². The van der Waals surface area contributed by atoms with Gasteiger partial charge >= 0.3 is 0 Å². The Hall–Kier alpha value is -2.87. The molecule has 0 spiro atoms. The maximum Gasteiger partial charge on any atom is 0.242 e. The summed E-state index contributed by atoms with van der Waals surface area (Å²) < 4.78 is 10.3. The van der Waals surface area contributed by atoms with E-state index in [1.165, 1.54) is 0 Å². The van der Waals surface area contributed by atoms with Gasteiger partial charge in [-0.2, -0.15) is 0 Å². The molecule has 0 bridgehead atoms. The average Bonchev–Trinajstić information content (AvgIpc) is 3.07. The molecule has 1 fully saturated rings. The highest BCUT2D eigenvalue weighted by Gasteiger charge is 2.29. The highest BCUT2D eigenvalue weighted by Crippen LogP contribution is 2.17. The molecule has 0 saturated carbocycles. The van der Waals surface area contributed by atoms with Crippen LogP contribution in [-0.4, -0.2) is 66.1 Å². The Morgan fingerprint density at radius 1 is 1.18 bits per heavy atom. The lowest BCUT2D eigenvalue weighted by atomic mass is 10.1. The summed E-state index contributed by atoms with van der Waals surface area (Å²) in [4.78, 5) is 30.1. The zero-order valence-electron chi connectivity index (χ0n) is 20.0. The molecule has 1 N–H and O–H groups in total. The minimum absolute atomic E-state index is 0.0592. The van der Waals surface area contributed by atoms with Gasteiger partial charge in [-0.1, -0.05) is 37.1 Å². The monoisotopic (exact) mass is 456 g/mol. The lowest BCUT2D eigenvalue weighted by Gasteiger charge is -2.29. The van der Waals surface area contributed by atoms with Gasteiger partial charge in [0.1, 0.15) is 11.5 Å². The Morgan fingerprint density at radius 3 is 2.64 bits per heavy atom. The number of benzene rings is 1. The lowest BCUT2D eigenvalue weighted by Crippen LogP contribution is -2.46. The summed E-state index contributed by atoms with van der Waals surface area (Å²) in [5.74, 6) is 2.03. The number of nitrogens with one attached hydrogen (secondary N) is 1. The SMILES string of the molecule is CCCCC(C(=O)Nc1cc(C)on1)N1CCCN(C(=O)CCc2ccc(OC)cc2)CC1. The van der Waals surface area contributed by atoms with Gasteiger partial charge in [0.05, 0.1) is 13.2 Å². The zero-order chi connectivity index (χ0) is 23.6. The number of hydrogen-bond acceptors (Lipinski definition) is 6. The molecule has 1 unspecified atom stereocenters. The number of carbonyl (C=O) groups excluding carboxylic acids is 2. The van der Waals surface area contributed by atoms with Crippen molar-refractivity contribution in [3.8, 4) is 5.75 Å². The number of rotatable bonds is 10. The number of methoxy groups -OCH3 is 1. The highest BCUT2D eigenvalue weighted by atomic mass is 16.5. The summed E-state index contributed by atoms with van der Waals surface area (Å²) in [6.07, 6.45) is 4.82. The highest BCUT2D eigenvalue weighted by molar-refractivity contribution is 5.94. The number of carbonyl (C=O) groups is 2. The third-order valence-electron chi connectivity index (χ3n) is 6.12. The molecule has 1 atom stereocenters. The molecule has 1 aromatic heterocycles. The number of anilines is 1. The van der Waals surface area contributed by atoms with Crippen molar-refractivity contribution in [3.05, 3.63) is 41.7 Å². The molecule has 8 heteroatoms. The van der Waals surface area contributed by atoms with Gasteiger partial charge in [0.25, 0.3) is 0 Å². The van der Waals surface area contributed by atoms with Crippen molar-refractivity contribution in [3.63, 3.8) is 0 Å². The van der Waals surface area contributed by atoms with E-state index >= 15 is 0 Å². The first-order valence-corrected chi connectivity index (χ1v) is 11.9. The van der Waals surface area contributed by atoms with Gasteiger partial charge < -0.3 is 19.5 Å². The van der Waals surface area contributed by atoms with Crippen molar-refractivity contribution in [1.29, 1.82) is 0 Å². The van der Waals surface area contributed by atoms with E-state index in [4.69, 9.17) is 9.26 Å². The lowest BCUT2D eigenvalue weighted by molar-refractivity contribution is -0.131. The Bertz CT molecular complexity index is 896. The average molecular weight is 457 g/mol. The third-order valence-corrected chi connectivity index (χ3v) is 6.12. The van der Waals surface area contributed by atoms with Crippen LogP contribution in [0.25, 0.3) is 0 Å². The van der Waals surface area contributed by atoms with E-state index < -0.39 is 0 Å². The van der Waals surface area contributed by atoms with Crippen LogP contribution in [0.5, 0.6) is 5.75 Å². The maximum atomic E-state index is 13.0. The fourth-order valence-corrected chi connectivity index (χ4v) is 4.21. The van der Waals surface area contributed by atoms with Crippen LogP contribution in [0.4, 0.5) is 5.82 Å². The number of nitrogens with zero attached hydrogens (tertiary/aromatic N) is 3. The first kappa shape index (κ1) is 24.8. The van der Waals surface area contributed by atoms with Crippen molar-refractivity contribution in [2.75, 3.05) is 38.6 Å². The summed E-state index contributed by atoms with van der Waals surface area (Å²) in [5, 5.41) is 6.78. The second-order valence-electron chi connectivity index (χ2n) is 8.59. The Balaban J connectivity index is 1.54. The predicted octanol–water partition coefficient (Wildman–Crippen LogP) is 3.66. The minimum atomic E-state index is -0.240. The third kappa shape index (κ3) is 7.32. The van der Waals surface area contributed by atoms with Crippen molar-refractivity contribution < 1.29 is 18.8 Å². The van der Waals surface area contributed by atoms with E-state index in [1.807, 2.05) is 29.2 Å². The Labute approximate surface area is 196 Å². The van der Waals surface area contributed by atoms with Crippen LogP contribution in [0.1, 0.15) is 50.4 Å². The number of unbranched alkanes of at least 4 members (excludes halogenated alkanes) is 1. The summed E-state index contributed by atoms with van der Waals surface area (Å²) in [6.45, 7) is 6.77.